The van der Waals surface area contributed by atoms with Gasteiger partial charge in [0.15, 0.2) is 0 Å². The summed E-state index contributed by atoms with van der Waals surface area (Å²) in [5.41, 5.74) is 1.92. The van der Waals surface area contributed by atoms with Crippen molar-refractivity contribution in [3.63, 3.8) is 0 Å². The molecule has 0 saturated carbocycles. The van der Waals surface area contributed by atoms with Crippen LogP contribution in [0.1, 0.15) is 27.8 Å². The van der Waals surface area contributed by atoms with Gasteiger partial charge in [-0.1, -0.05) is 48.2 Å². The van der Waals surface area contributed by atoms with E-state index in [4.69, 9.17) is 12.2 Å². The van der Waals surface area contributed by atoms with E-state index < -0.39 is 5.56 Å². The van der Waals surface area contributed by atoms with E-state index in [1.807, 2.05) is 6.07 Å². The Balaban J connectivity index is 1.71. The summed E-state index contributed by atoms with van der Waals surface area (Å²) in [4.78, 5) is 27.8. The first kappa shape index (κ1) is 25.3. The number of anilines is 1. The topological polar surface area (TPSA) is 78.1 Å². The van der Waals surface area contributed by atoms with E-state index in [2.05, 4.69) is 5.32 Å². The number of thioether (sulfide) groups is 1. The number of rotatable bonds is 6. The average Bonchev–Trinajstić information content (AvgIpc) is 3.12. The first-order valence-corrected chi connectivity index (χ1v) is 12.0. The number of thiocarbonyl (C=S) groups is 1. The van der Waals surface area contributed by atoms with Crippen molar-refractivity contribution in [2.24, 2.45) is 7.05 Å². The molecule has 1 aromatic heterocycles. The number of benzene rings is 2. The molecule has 0 aliphatic carbocycles. The zero-order chi connectivity index (χ0) is 26.0. The van der Waals surface area contributed by atoms with Gasteiger partial charge in [-0.3, -0.25) is 19.1 Å². The monoisotopic (exact) mass is 522 g/mol. The van der Waals surface area contributed by atoms with Gasteiger partial charge in [-0.25, -0.2) is 8.78 Å². The number of carbonyl (C=O) groups is 1. The van der Waals surface area contributed by atoms with Crippen molar-refractivity contribution in [2.75, 3.05) is 5.32 Å². The molecule has 2 aromatic carbocycles. The molecule has 1 N–H and O–H groups in total. The molecule has 1 saturated heterocycles. The fraction of sp³-hybridized carbons (Fsp3) is 0.154. The van der Waals surface area contributed by atoms with E-state index in [-0.39, 0.29) is 36.2 Å². The maximum atomic E-state index is 13.3. The fourth-order valence-electron chi connectivity index (χ4n) is 3.77. The minimum absolute atomic E-state index is 0.0297. The summed E-state index contributed by atoms with van der Waals surface area (Å²) in [6.07, 6.45) is 1.62. The molecule has 1 aliphatic rings. The Kier molecular flexibility index (Phi) is 7.33. The molecule has 0 radical (unpaired) electrons. The Hall–Kier alpha value is -3.81. The largest absolute Gasteiger partial charge is 0.367 e. The van der Waals surface area contributed by atoms with E-state index >= 15 is 0 Å². The summed E-state index contributed by atoms with van der Waals surface area (Å²) in [6.45, 7) is 2.12. The Bertz CT molecular complexity index is 1490. The van der Waals surface area contributed by atoms with Crippen LogP contribution in [0.5, 0.6) is 0 Å². The standard InChI is InChI=1S/C26H20F2N4O2S2/c1-15-20(11-22-25(34)32(26(35)36-22)14-17-5-9-19(28)10-6-17)23(31(2)24(33)21(15)12-29)30-13-16-3-7-18(27)8-4-16/h3-11,30H,13-14H2,1-2H3/b22-11+. The van der Waals surface area contributed by atoms with Crippen molar-refractivity contribution in [1.29, 1.82) is 5.26 Å². The van der Waals surface area contributed by atoms with E-state index in [0.717, 1.165) is 22.9 Å². The second-order valence-corrected chi connectivity index (χ2v) is 9.79. The van der Waals surface area contributed by atoms with Crippen LogP contribution in [0.25, 0.3) is 6.08 Å². The summed E-state index contributed by atoms with van der Waals surface area (Å²) in [5, 5.41) is 12.8. The van der Waals surface area contributed by atoms with Crippen molar-refractivity contribution in [3.05, 3.63) is 103 Å². The van der Waals surface area contributed by atoms with Crippen LogP contribution in [0.3, 0.4) is 0 Å². The summed E-state index contributed by atoms with van der Waals surface area (Å²) in [6, 6.07) is 13.7. The van der Waals surface area contributed by atoms with Crippen LogP contribution in [0.4, 0.5) is 14.6 Å². The first-order chi connectivity index (χ1) is 17.2. The van der Waals surface area contributed by atoms with Crippen LogP contribution in [0, 0.1) is 29.9 Å². The minimum atomic E-state index is -0.474. The highest BCUT2D eigenvalue weighted by atomic mass is 32.2. The number of pyridine rings is 1. The van der Waals surface area contributed by atoms with Gasteiger partial charge in [-0.15, -0.1) is 0 Å². The Morgan fingerprint density at radius 1 is 1.06 bits per heavy atom. The van der Waals surface area contributed by atoms with Crippen molar-refractivity contribution in [1.82, 2.24) is 9.47 Å². The summed E-state index contributed by atoms with van der Waals surface area (Å²) in [5.74, 6) is -0.651. The highest BCUT2D eigenvalue weighted by Gasteiger charge is 2.32. The lowest BCUT2D eigenvalue weighted by atomic mass is 10.0. The van der Waals surface area contributed by atoms with Gasteiger partial charge in [-0.05, 0) is 54.0 Å². The molecule has 0 bridgehead atoms. The molecule has 182 valence electrons. The summed E-state index contributed by atoms with van der Waals surface area (Å²) < 4.78 is 28.2. The van der Waals surface area contributed by atoms with Gasteiger partial charge in [0, 0.05) is 19.2 Å². The molecule has 4 rings (SSSR count). The van der Waals surface area contributed by atoms with Gasteiger partial charge in [0.05, 0.1) is 11.4 Å². The third-order valence-corrected chi connectivity index (χ3v) is 7.15. The number of hydrogen-bond acceptors (Lipinski definition) is 6. The molecule has 0 spiro atoms. The Morgan fingerprint density at radius 3 is 2.22 bits per heavy atom. The number of nitriles is 1. The maximum Gasteiger partial charge on any atom is 0.270 e. The Labute approximate surface area is 215 Å². The molecule has 3 aromatic rings. The lowest BCUT2D eigenvalue weighted by Gasteiger charge is -2.18. The smallest absolute Gasteiger partial charge is 0.270 e. The van der Waals surface area contributed by atoms with Crippen molar-refractivity contribution in [2.45, 2.75) is 20.0 Å². The number of aromatic nitrogens is 1. The third-order valence-electron chi connectivity index (χ3n) is 5.78. The fourth-order valence-corrected chi connectivity index (χ4v) is 5.01. The summed E-state index contributed by atoms with van der Waals surface area (Å²) in [7, 11) is 1.53. The minimum Gasteiger partial charge on any atom is -0.367 e. The number of halogens is 2. The molecule has 10 heteroatoms. The van der Waals surface area contributed by atoms with Gasteiger partial charge in [-0.2, -0.15) is 5.26 Å². The normalized spacial score (nSPS) is 14.4. The van der Waals surface area contributed by atoms with E-state index in [1.54, 1.807) is 37.3 Å². The molecule has 1 fully saturated rings. The molecule has 0 unspecified atom stereocenters. The lowest BCUT2D eigenvalue weighted by molar-refractivity contribution is -0.122. The SMILES string of the molecule is Cc1c(/C=C2/SC(=S)N(Cc3ccc(F)cc3)C2=O)c(NCc2ccc(F)cc2)n(C)c(=O)c1C#N. The maximum absolute atomic E-state index is 13.3. The van der Waals surface area contributed by atoms with Crippen LogP contribution in [0.2, 0.25) is 0 Å². The van der Waals surface area contributed by atoms with Gasteiger partial charge >= 0.3 is 0 Å². The van der Waals surface area contributed by atoms with Crippen molar-refractivity contribution in [3.8, 4) is 6.07 Å². The number of nitrogens with zero attached hydrogens (tertiary/aromatic N) is 3. The van der Waals surface area contributed by atoms with Gasteiger partial charge in [0.2, 0.25) is 0 Å². The second-order valence-electron chi connectivity index (χ2n) is 8.11. The van der Waals surface area contributed by atoms with E-state index in [1.165, 1.54) is 40.8 Å². The second kappa shape index (κ2) is 10.4. The molecule has 1 amide bonds. The highest BCUT2D eigenvalue weighted by Crippen LogP contribution is 2.35. The molecule has 6 nitrogen and oxygen atoms in total. The van der Waals surface area contributed by atoms with Gasteiger partial charge < -0.3 is 5.32 Å². The molecule has 1 aliphatic heterocycles. The van der Waals surface area contributed by atoms with Gasteiger partial charge in [0.25, 0.3) is 11.5 Å². The van der Waals surface area contributed by atoms with Crippen LogP contribution in [0.15, 0.2) is 58.2 Å². The highest BCUT2D eigenvalue weighted by molar-refractivity contribution is 8.26. The van der Waals surface area contributed by atoms with Crippen LogP contribution >= 0.6 is 24.0 Å². The predicted molar refractivity (Wildman–Crippen MR) is 140 cm³/mol. The average molecular weight is 523 g/mol. The lowest BCUT2D eigenvalue weighted by Crippen LogP contribution is -2.27. The Morgan fingerprint density at radius 2 is 1.64 bits per heavy atom. The zero-order valence-corrected chi connectivity index (χ0v) is 21.0. The van der Waals surface area contributed by atoms with E-state index in [0.29, 0.717) is 26.2 Å². The van der Waals surface area contributed by atoms with Crippen molar-refractivity contribution >= 4 is 46.1 Å². The number of nitrogens with one attached hydrogen (secondary N) is 1. The third kappa shape index (κ3) is 5.08. The van der Waals surface area contributed by atoms with Crippen LogP contribution in [-0.4, -0.2) is 19.7 Å². The number of amides is 1. The van der Waals surface area contributed by atoms with Crippen LogP contribution in [-0.2, 0) is 24.9 Å². The number of carbonyl (C=O) groups excluding carboxylic acids is 1. The molecular formula is C26H20F2N4O2S2. The van der Waals surface area contributed by atoms with Crippen molar-refractivity contribution < 1.29 is 13.6 Å². The quantitative estimate of drug-likeness (QED) is 0.368. The van der Waals surface area contributed by atoms with Crippen LogP contribution < -0.4 is 10.9 Å². The van der Waals surface area contributed by atoms with E-state index in [9.17, 15) is 23.6 Å². The first-order valence-electron chi connectivity index (χ1n) is 10.8. The molecular weight excluding hydrogens is 502 g/mol. The molecule has 0 atom stereocenters. The molecule has 2 heterocycles. The molecule has 36 heavy (non-hydrogen) atoms. The van der Waals surface area contributed by atoms with Gasteiger partial charge in [0.1, 0.15) is 33.4 Å². The number of hydrogen-bond donors (Lipinski definition) is 1. The zero-order valence-electron chi connectivity index (χ0n) is 19.3. The summed E-state index contributed by atoms with van der Waals surface area (Å²) >= 11 is 6.53. The predicted octanol–water partition coefficient (Wildman–Crippen LogP) is 4.86.